The first-order chi connectivity index (χ1) is 8.63. The van der Waals surface area contributed by atoms with Gasteiger partial charge in [0.1, 0.15) is 0 Å². The third-order valence-electron chi connectivity index (χ3n) is 3.99. The van der Waals surface area contributed by atoms with Crippen LogP contribution in [0.25, 0.3) is 0 Å². The van der Waals surface area contributed by atoms with Crippen molar-refractivity contribution in [3.05, 3.63) is 0 Å². The second kappa shape index (κ2) is 8.89. The molecule has 0 radical (unpaired) electrons. The Hall–Kier alpha value is -0.120. The van der Waals surface area contributed by atoms with Crippen LogP contribution in [-0.2, 0) is 0 Å². The molecule has 1 aliphatic heterocycles. The van der Waals surface area contributed by atoms with E-state index in [9.17, 15) is 0 Å². The van der Waals surface area contributed by atoms with Gasteiger partial charge in [-0.2, -0.15) is 0 Å². The molecule has 3 nitrogen and oxygen atoms in total. The number of likely N-dealkylation sites (N-methyl/N-ethyl adjacent to an activating group) is 1. The molecule has 1 aliphatic rings. The van der Waals surface area contributed by atoms with Gasteiger partial charge >= 0.3 is 0 Å². The first-order valence-electron chi connectivity index (χ1n) is 7.76. The Morgan fingerprint density at radius 3 is 2.39 bits per heavy atom. The number of hydrogen-bond donors (Lipinski definition) is 1. The summed E-state index contributed by atoms with van der Waals surface area (Å²) in [5, 5.41) is 3.59. The van der Waals surface area contributed by atoms with Gasteiger partial charge in [0.15, 0.2) is 0 Å². The molecule has 1 rings (SSSR count). The molecular formula is C15H33N3. The minimum absolute atomic E-state index is 0.686. The molecule has 0 spiro atoms. The first kappa shape index (κ1) is 15.9. The van der Waals surface area contributed by atoms with Gasteiger partial charge in [-0.1, -0.05) is 20.8 Å². The molecule has 1 fully saturated rings. The summed E-state index contributed by atoms with van der Waals surface area (Å²) < 4.78 is 0. The third kappa shape index (κ3) is 6.17. The monoisotopic (exact) mass is 255 g/mol. The van der Waals surface area contributed by atoms with Gasteiger partial charge in [0.05, 0.1) is 0 Å². The Kier molecular flexibility index (Phi) is 7.87. The van der Waals surface area contributed by atoms with Crippen molar-refractivity contribution in [2.75, 3.05) is 46.3 Å². The van der Waals surface area contributed by atoms with Crippen molar-refractivity contribution in [1.82, 2.24) is 15.1 Å². The van der Waals surface area contributed by atoms with E-state index in [0.29, 0.717) is 6.04 Å². The zero-order chi connectivity index (χ0) is 13.4. The zero-order valence-corrected chi connectivity index (χ0v) is 12.9. The predicted octanol–water partition coefficient (Wildman–Crippen LogP) is 2.04. The first-order valence-corrected chi connectivity index (χ1v) is 7.76. The Labute approximate surface area is 114 Å². The maximum Gasteiger partial charge on any atom is 0.0215 e. The number of hydrogen-bond acceptors (Lipinski definition) is 3. The maximum atomic E-state index is 3.59. The van der Waals surface area contributed by atoms with E-state index in [-0.39, 0.29) is 0 Å². The van der Waals surface area contributed by atoms with Crippen LogP contribution in [0.15, 0.2) is 0 Å². The predicted molar refractivity (Wildman–Crippen MR) is 80.1 cm³/mol. The fourth-order valence-electron chi connectivity index (χ4n) is 2.64. The molecule has 3 heteroatoms. The van der Waals surface area contributed by atoms with Gasteiger partial charge in [0.25, 0.3) is 0 Å². The van der Waals surface area contributed by atoms with Crippen molar-refractivity contribution in [2.24, 2.45) is 5.92 Å². The van der Waals surface area contributed by atoms with Crippen LogP contribution in [0.2, 0.25) is 0 Å². The van der Waals surface area contributed by atoms with Gasteiger partial charge in [-0.05, 0) is 51.9 Å². The van der Waals surface area contributed by atoms with Crippen LogP contribution in [0.3, 0.4) is 0 Å². The Morgan fingerprint density at radius 2 is 1.83 bits per heavy atom. The Morgan fingerprint density at radius 1 is 1.17 bits per heavy atom. The third-order valence-corrected chi connectivity index (χ3v) is 3.99. The molecule has 1 saturated heterocycles. The van der Waals surface area contributed by atoms with Gasteiger partial charge in [-0.15, -0.1) is 0 Å². The van der Waals surface area contributed by atoms with E-state index in [1.165, 1.54) is 45.4 Å². The van der Waals surface area contributed by atoms with E-state index < -0.39 is 0 Å². The SMILES string of the molecule is CCC(CNCC(C)C)N(C)CCN1CCCC1. The molecule has 1 unspecified atom stereocenters. The molecule has 1 N–H and O–H groups in total. The fourth-order valence-corrected chi connectivity index (χ4v) is 2.64. The summed E-state index contributed by atoms with van der Waals surface area (Å²) in [7, 11) is 2.28. The molecule has 0 aromatic rings. The summed E-state index contributed by atoms with van der Waals surface area (Å²) in [6, 6.07) is 0.686. The van der Waals surface area contributed by atoms with Crippen LogP contribution in [0.4, 0.5) is 0 Å². The lowest BCUT2D eigenvalue weighted by Crippen LogP contribution is -2.43. The standard InChI is InChI=1S/C15H33N3/c1-5-15(13-16-12-14(2)3)17(4)10-11-18-8-6-7-9-18/h14-16H,5-13H2,1-4H3. The van der Waals surface area contributed by atoms with Crippen LogP contribution in [0.5, 0.6) is 0 Å². The van der Waals surface area contributed by atoms with Crippen molar-refractivity contribution < 1.29 is 0 Å². The van der Waals surface area contributed by atoms with E-state index in [1.54, 1.807) is 0 Å². The maximum absolute atomic E-state index is 3.59. The summed E-state index contributed by atoms with van der Waals surface area (Å²) in [6.45, 7) is 14.2. The molecule has 18 heavy (non-hydrogen) atoms. The fraction of sp³-hybridized carbons (Fsp3) is 1.00. The highest BCUT2D eigenvalue weighted by molar-refractivity contribution is 4.73. The minimum atomic E-state index is 0.686. The van der Waals surface area contributed by atoms with E-state index in [0.717, 1.165) is 19.0 Å². The summed E-state index contributed by atoms with van der Waals surface area (Å²) in [4.78, 5) is 5.14. The van der Waals surface area contributed by atoms with Crippen molar-refractivity contribution >= 4 is 0 Å². The van der Waals surface area contributed by atoms with Crippen LogP contribution in [0, 0.1) is 5.92 Å². The lowest BCUT2D eigenvalue weighted by molar-refractivity contribution is 0.196. The smallest absolute Gasteiger partial charge is 0.0215 e. The van der Waals surface area contributed by atoms with Gasteiger partial charge < -0.3 is 15.1 Å². The molecule has 0 aromatic heterocycles. The summed E-state index contributed by atoms with van der Waals surface area (Å²) in [6.07, 6.45) is 4.04. The molecule has 0 aliphatic carbocycles. The molecule has 0 aromatic carbocycles. The highest BCUT2D eigenvalue weighted by Crippen LogP contribution is 2.08. The summed E-state index contributed by atoms with van der Waals surface area (Å²) >= 11 is 0. The van der Waals surface area contributed by atoms with Crippen LogP contribution < -0.4 is 5.32 Å². The molecule has 0 saturated carbocycles. The Balaban J connectivity index is 2.16. The largest absolute Gasteiger partial charge is 0.315 e. The van der Waals surface area contributed by atoms with Crippen LogP contribution in [-0.4, -0.2) is 62.2 Å². The molecule has 108 valence electrons. The molecule has 0 bridgehead atoms. The average molecular weight is 255 g/mol. The topological polar surface area (TPSA) is 18.5 Å². The summed E-state index contributed by atoms with van der Waals surface area (Å²) in [5.41, 5.74) is 0. The molecular weight excluding hydrogens is 222 g/mol. The number of rotatable bonds is 9. The van der Waals surface area contributed by atoms with E-state index in [1.807, 2.05) is 0 Å². The van der Waals surface area contributed by atoms with Gasteiger partial charge in [-0.3, -0.25) is 0 Å². The van der Waals surface area contributed by atoms with Gasteiger partial charge in [0, 0.05) is 25.7 Å². The van der Waals surface area contributed by atoms with Crippen LogP contribution >= 0.6 is 0 Å². The summed E-state index contributed by atoms with van der Waals surface area (Å²) in [5.74, 6) is 0.748. The minimum Gasteiger partial charge on any atom is -0.315 e. The average Bonchev–Trinajstić information content (AvgIpc) is 2.84. The van der Waals surface area contributed by atoms with E-state index in [4.69, 9.17) is 0 Å². The van der Waals surface area contributed by atoms with E-state index >= 15 is 0 Å². The zero-order valence-electron chi connectivity index (χ0n) is 12.9. The second-order valence-electron chi connectivity index (χ2n) is 6.14. The quantitative estimate of drug-likeness (QED) is 0.680. The van der Waals surface area contributed by atoms with Crippen molar-refractivity contribution in [2.45, 2.75) is 46.1 Å². The highest BCUT2D eigenvalue weighted by atomic mass is 15.2. The van der Waals surface area contributed by atoms with Crippen molar-refractivity contribution in [1.29, 1.82) is 0 Å². The van der Waals surface area contributed by atoms with E-state index in [2.05, 4.69) is 42.9 Å². The highest BCUT2D eigenvalue weighted by Gasteiger charge is 2.15. The van der Waals surface area contributed by atoms with Gasteiger partial charge in [-0.25, -0.2) is 0 Å². The Bertz CT molecular complexity index is 200. The number of nitrogens with zero attached hydrogens (tertiary/aromatic N) is 2. The van der Waals surface area contributed by atoms with Crippen molar-refractivity contribution in [3.8, 4) is 0 Å². The molecule has 1 heterocycles. The number of likely N-dealkylation sites (tertiary alicyclic amines) is 1. The number of nitrogens with one attached hydrogen (secondary N) is 1. The van der Waals surface area contributed by atoms with Crippen molar-refractivity contribution in [3.63, 3.8) is 0 Å². The molecule has 0 amide bonds. The van der Waals surface area contributed by atoms with Crippen LogP contribution in [0.1, 0.15) is 40.0 Å². The normalized spacial score (nSPS) is 19.0. The lowest BCUT2D eigenvalue weighted by Gasteiger charge is -2.29. The van der Waals surface area contributed by atoms with Gasteiger partial charge in [0.2, 0.25) is 0 Å². The molecule has 1 atom stereocenters. The second-order valence-corrected chi connectivity index (χ2v) is 6.14. The lowest BCUT2D eigenvalue weighted by atomic mass is 10.1.